The maximum Gasteiger partial charge on any atom is 0.261 e. The average Bonchev–Trinajstić information content (AvgIpc) is 2.98. The van der Waals surface area contributed by atoms with Crippen LogP contribution in [0, 0.1) is 0 Å². The largest absolute Gasteiger partial charge is 0.301 e. The number of rotatable bonds is 7. The predicted octanol–water partition coefficient (Wildman–Crippen LogP) is 3.45. The molecule has 4 rings (SSSR count). The summed E-state index contributed by atoms with van der Waals surface area (Å²) >= 11 is 2.92. The zero-order chi connectivity index (χ0) is 20.2. The van der Waals surface area contributed by atoms with Crippen LogP contribution in [0.25, 0.3) is 0 Å². The normalized spacial score (nSPS) is 13.0. The fraction of sp³-hybridized carbons (Fsp3) is 0.143. The van der Waals surface area contributed by atoms with Gasteiger partial charge in [0.1, 0.15) is 0 Å². The van der Waals surface area contributed by atoms with Crippen molar-refractivity contribution in [3.05, 3.63) is 87.8 Å². The maximum atomic E-state index is 12.4. The molecule has 0 saturated heterocycles. The van der Waals surface area contributed by atoms with Crippen LogP contribution in [0.15, 0.2) is 75.5 Å². The van der Waals surface area contributed by atoms with E-state index in [0.29, 0.717) is 33.5 Å². The van der Waals surface area contributed by atoms with E-state index in [1.54, 1.807) is 36.0 Å². The van der Waals surface area contributed by atoms with Gasteiger partial charge in [-0.25, -0.2) is 4.98 Å². The number of benzene rings is 2. The van der Waals surface area contributed by atoms with Gasteiger partial charge < -0.3 is 4.98 Å². The highest BCUT2D eigenvalue weighted by Gasteiger charge is 2.34. The summed E-state index contributed by atoms with van der Waals surface area (Å²) in [6.07, 6.45) is 0. The van der Waals surface area contributed by atoms with Crippen molar-refractivity contribution < 1.29 is 9.59 Å². The fourth-order valence-corrected chi connectivity index (χ4v) is 4.61. The Bertz CT molecular complexity index is 1080. The lowest BCUT2D eigenvalue weighted by Crippen LogP contribution is -2.31. The molecule has 0 bridgehead atoms. The van der Waals surface area contributed by atoms with Crippen LogP contribution in [0.5, 0.6) is 0 Å². The lowest BCUT2D eigenvalue weighted by molar-refractivity contribution is 0.0664. The SMILES string of the molecule is O=C1c2ccccc2C(=O)N1CCSc1nc(CSc2ccccc2)cc(=O)[nH]1. The molecule has 0 aliphatic carbocycles. The fourth-order valence-electron chi connectivity index (χ4n) is 2.98. The first-order valence-electron chi connectivity index (χ1n) is 8.98. The summed E-state index contributed by atoms with van der Waals surface area (Å²) in [5, 5.41) is 0.484. The van der Waals surface area contributed by atoms with E-state index in [-0.39, 0.29) is 23.9 Å². The van der Waals surface area contributed by atoms with E-state index >= 15 is 0 Å². The topological polar surface area (TPSA) is 83.1 Å². The number of aromatic amines is 1. The molecular weight excluding hydrogens is 406 g/mol. The Morgan fingerprint density at radius 1 is 0.862 bits per heavy atom. The molecule has 0 spiro atoms. The molecule has 0 radical (unpaired) electrons. The third-order valence-electron chi connectivity index (χ3n) is 4.33. The number of hydrogen-bond donors (Lipinski definition) is 1. The Morgan fingerprint density at radius 3 is 2.21 bits per heavy atom. The minimum atomic E-state index is -0.277. The van der Waals surface area contributed by atoms with Gasteiger partial charge in [-0.3, -0.25) is 19.3 Å². The number of H-pyrrole nitrogens is 1. The summed E-state index contributed by atoms with van der Waals surface area (Å²) in [5.41, 5.74) is 1.35. The van der Waals surface area contributed by atoms with Crippen LogP contribution in [0.1, 0.15) is 26.4 Å². The molecule has 6 nitrogen and oxygen atoms in total. The van der Waals surface area contributed by atoms with E-state index in [9.17, 15) is 14.4 Å². The summed E-state index contributed by atoms with van der Waals surface area (Å²) in [4.78, 5) is 46.3. The van der Waals surface area contributed by atoms with Crippen LogP contribution in [-0.4, -0.2) is 39.0 Å². The quantitative estimate of drug-likeness (QED) is 0.356. The van der Waals surface area contributed by atoms with Crippen molar-refractivity contribution in [1.29, 1.82) is 0 Å². The second-order valence-electron chi connectivity index (χ2n) is 6.30. The van der Waals surface area contributed by atoms with Crippen molar-refractivity contribution in [2.75, 3.05) is 12.3 Å². The molecule has 1 aromatic heterocycles. The maximum absolute atomic E-state index is 12.4. The van der Waals surface area contributed by atoms with E-state index in [0.717, 1.165) is 4.90 Å². The third-order valence-corrected chi connectivity index (χ3v) is 6.23. The van der Waals surface area contributed by atoms with Gasteiger partial charge in [-0.05, 0) is 24.3 Å². The molecule has 29 heavy (non-hydrogen) atoms. The Kier molecular flexibility index (Phi) is 5.82. The molecule has 1 aliphatic rings. The first kappa shape index (κ1) is 19.5. The standard InChI is InChI=1S/C21H17N3O3S2/c25-18-12-14(13-29-15-6-2-1-3-7-15)22-21(23-18)28-11-10-24-19(26)16-8-4-5-9-17(16)20(24)27/h1-9,12H,10-11,13H2,(H,22,23,25). The van der Waals surface area contributed by atoms with Crippen LogP contribution in [0.3, 0.4) is 0 Å². The van der Waals surface area contributed by atoms with Crippen LogP contribution in [0.4, 0.5) is 0 Å². The second kappa shape index (κ2) is 8.67. The highest BCUT2D eigenvalue weighted by Crippen LogP contribution is 2.24. The first-order chi connectivity index (χ1) is 14.1. The zero-order valence-corrected chi connectivity index (χ0v) is 17.0. The van der Waals surface area contributed by atoms with Gasteiger partial charge in [0.2, 0.25) is 0 Å². The van der Waals surface area contributed by atoms with Gasteiger partial charge in [-0.15, -0.1) is 11.8 Å². The van der Waals surface area contributed by atoms with E-state index in [1.165, 1.54) is 22.7 Å². The smallest absolute Gasteiger partial charge is 0.261 e. The number of nitrogens with zero attached hydrogens (tertiary/aromatic N) is 2. The minimum Gasteiger partial charge on any atom is -0.301 e. The van der Waals surface area contributed by atoms with E-state index in [2.05, 4.69) is 9.97 Å². The molecule has 1 N–H and O–H groups in total. The van der Waals surface area contributed by atoms with Crippen molar-refractivity contribution in [3.63, 3.8) is 0 Å². The van der Waals surface area contributed by atoms with Crippen LogP contribution in [-0.2, 0) is 5.75 Å². The van der Waals surface area contributed by atoms with Crippen LogP contribution >= 0.6 is 23.5 Å². The number of amides is 2. The molecule has 3 aromatic rings. The van der Waals surface area contributed by atoms with Crippen molar-refractivity contribution >= 4 is 35.3 Å². The molecule has 0 atom stereocenters. The minimum absolute atomic E-state index is 0.216. The summed E-state index contributed by atoms with van der Waals surface area (Å²) in [6.45, 7) is 0.254. The number of imide groups is 1. The Balaban J connectivity index is 1.37. The Labute approximate surface area is 175 Å². The predicted molar refractivity (Wildman–Crippen MR) is 113 cm³/mol. The molecule has 0 fully saturated rings. The molecule has 8 heteroatoms. The van der Waals surface area contributed by atoms with E-state index in [1.807, 2.05) is 30.3 Å². The number of nitrogens with one attached hydrogen (secondary N) is 1. The molecule has 146 valence electrons. The molecule has 2 amide bonds. The van der Waals surface area contributed by atoms with Crippen LogP contribution < -0.4 is 5.56 Å². The number of carbonyl (C=O) groups is 2. The first-order valence-corrected chi connectivity index (χ1v) is 10.9. The highest BCUT2D eigenvalue weighted by molar-refractivity contribution is 7.99. The monoisotopic (exact) mass is 423 g/mol. The average molecular weight is 424 g/mol. The molecular formula is C21H17N3O3S2. The van der Waals surface area contributed by atoms with Gasteiger partial charge in [0.15, 0.2) is 5.16 Å². The number of carbonyl (C=O) groups excluding carboxylic acids is 2. The third kappa shape index (κ3) is 4.44. The van der Waals surface area contributed by atoms with Crippen molar-refractivity contribution in [3.8, 4) is 0 Å². The summed E-state index contributed by atoms with van der Waals surface area (Å²) in [7, 11) is 0. The van der Waals surface area contributed by atoms with Gasteiger partial charge in [-0.1, -0.05) is 42.1 Å². The molecule has 1 aliphatic heterocycles. The second-order valence-corrected chi connectivity index (χ2v) is 8.43. The Morgan fingerprint density at radius 2 is 1.52 bits per heavy atom. The molecule has 0 unspecified atom stereocenters. The zero-order valence-electron chi connectivity index (χ0n) is 15.3. The van der Waals surface area contributed by atoms with E-state index in [4.69, 9.17) is 0 Å². The number of hydrogen-bond acceptors (Lipinski definition) is 6. The van der Waals surface area contributed by atoms with Crippen molar-refractivity contribution in [2.24, 2.45) is 0 Å². The Hall–Kier alpha value is -2.84. The summed E-state index contributed by atoms with van der Waals surface area (Å²) in [5.74, 6) is 0.477. The van der Waals surface area contributed by atoms with Crippen molar-refractivity contribution in [2.45, 2.75) is 15.8 Å². The number of thioether (sulfide) groups is 2. The van der Waals surface area contributed by atoms with E-state index < -0.39 is 0 Å². The van der Waals surface area contributed by atoms with Gasteiger partial charge in [0, 0.05) is 29.0 Å². The molecule has 2 aromatic carbocycles. The van der Waals surface area contributed by atoms with Crippen molar-refractivity contribution in [1.82, 2.24) is 14.9 Å². The summed E-state index contributed by atoms with van der Waals surface area (Å²) < 4.78 is 0. The lowest BCUT2D eigenvalue weighted by atomic mass is 10.1. The highest BCUT2D eigenvalue weighted by atomic mass is 32.2. The van der Waals surface area contributed by atoms with Gasteiger partial charge in [0.25, 0.3) is 17.4 Å². The van der Waals surface area contributed by atoms with Gasteiger partial charge in [0.05, 0.1) is 16.8 Å². The van der Waals surface area contributed by atoms with Gasteiger partial charge in [-0.2, -0.15) is 0 Å². The van der Waals surface area contributed by atoms with Crippen LogP contribution in [0.2, 0.25) is 0 Å². The summed E-state index contributed by atoms with van der Waals surface area (Å²) in [6, 6.07) is 18.2. The molecule has 2 heterocycles. The lowest BCUT2D eigenvalue weighted by Gasteiger charge is -2.13. The molecule has 0 saturated carbocycles. The van der Waals surface area contributed by atoms with Gasteiger partial charge >= 0.3 is 0 Å². The number of aromatic nitrogens is 2. The number of fused-ring (bicyclic) bond motifs is 1.